The summed E-state index contributed by atoms with van der Waals surface area (Å²) in [6, 6.07) is 7.04. The van der Waals surface area contributed by atoms with Gasteiger partial charge in [0.05, 0.1) is 28.2 Å². The van der Waals surface area contributed by atoms with Crippen LogP contribution in [0.4, 0.5) is 9.93 Å². The van der Waals surface area contributed by atoms with Crippen molar-refractivity contribution in [1.82, 2.24) is 14.8 Å². The van der Waals surface area contributed by atoms with Gasteiger partial charge in [-0.1, -0.05) is 30.4 Å². The molecule has 3 saturated heterocycles. The molecule has 0 bridgehead atoms. The molecule has 3 amide bonds. The van der Waals surface area contributed by atoms with Crippen LogP contribution in [0.3, 0.4) is 0 Å². The van der Waals surface area contributed by atoms with E-state index in [-0.39, 0.29) is 29.8 Å². The first-order valence-electron chi connectivity index (χ1n) is 11.6. The SMILES string of the molecule is C[C@H]1C(=O)N(c2nc3ccccc3s2)[C@@H]2CCN(C(=O)[C@@H]3CCCN3C(=O)OC(C)(C)C)[C@H]21. The minimum absolute atomic E-state index is 0.0111. The normalized spacial score (nSPS) is 27.5. The van der Waals surface area contributed by atoms with Crippen LogP contribution in [-0.4, -0.2) is 69.5 Å². The first kappa shape index (κ1) is 22.1. The van der Waals surface area contributed by atoms with Crippen molar-refractivity contribution < 1.29 is 19.1 Å². The second-order valence-electron chi connectivity index (χ2n) is 10.2. The van der Waals surface area contributed by atoms with Crippen LogP contribution in [0.1, 0.15) is 47.0 Å². The van der Waals surface area contributed by atoms with Crippen LogP contribution >= 0.6 is 11.3 Å². The van der Waals surface area contributed by atoms with E-state index in [2.05, 4.69) is 0 Å². The summed E-state index contributed by atoms with van der Waals surface area (Å²) in [7, 11) is 0. The van der Waals surface area contributed by atoms with Crippen molar-refractivity contribution in [3.8, 4) is 0 Å². The summed E-state index contributed by atoms with van der Waals surface area (Å²) in [6.07, 6.45) is 1.65. The zero-order valence-corrected chi connectivity index (χ0v) is 20.3. The molecule has 0 N–H and O–H groups in total. The highest BCUT2D eigenvalue weighted by atomic mass is 32.1. The van der Waals surface area contributed by atoms with Crippen LogP contribution in [0, 0.1) is 5.92 Å². The summed E-state index contributed by atoms with van der Waals surface area (Å²) in [6.45, 7) is 8.46. The molecule has 176 valence electrons. The Morgan fingerprint density at radius 1 is 1.12 bits per heavy atom. The van der Waals surface area contributed by atoms with Gasteiger partial charge in [-0.25, -0.2) is 9.78 Å². The second-order valence-corrected chi connectivity index (χ2v) is 11.2. The summed E-state index contributed by atoms with van der Waals surface area (Å²) in [4.78, 5) is 49.6. The third kappa shape index (κ3) is 3.76. The monoisotopic (exact) mass is 470 g/mol. The van der Waals surface area contributed by atoms with Gasteiger partial charge >= 0.3 is 6.09 Å². The van der Waals surface area contributed by atoms with Gasteiger partial charge in [-0.3, -0.25) is 19.4 Å². The van der Waals surface area contributed by atoms with Gasteiger partial charge < -0.3 is 9.64 Å². The maximum absolute atomic E-state index is 13.6. The third-order valence-electron chi connectivity index (χ3n) is 6.83. The lowest BCUT2D eigenvalue weighted by Gasteiger charge is -2.33. The van der Waals surface area contributed by atoms with E-state index in [0.29, 0.717) is 31.1 Å². The fourth-order valence-electron chi connectivity index (χ4n) is 5.42. The summed E-state index contributed by atoms with van der Waals surface area (Å²) in [5, 5.41) is 0.700. The molecule has 0 aliphatic carbocycles. The average Bonchev–Trinajstić information content (AvgIpc) is 3.51. The van der Waals surface area contributed by atoms with E-state index in [4.69, 9.17) is 9.72 Å². The van der Waals surface area contributed by atoms with Crippen molar-refractivity contribution in [2.75, 3.05) is 18.0 Å². The maximum Gasteiger partial charge on any atom is 0.410 e. The zero-order chi connectivity index (χ0) is 23.5. The summed E-state index contributed by atoms with van der Waals surface area (Å²) in [5.74, 6) is -0.376. The number of hydrogen-bond acceptors (Lipinski definition) is 6. The summed E-state index contributed by atoms with van der Waals surface area (Å²) >= 11 is 1.51. The van der Waals surface area contributed by atoms with Crippen molar-refractivity contribution in [2.24, 2.45) is 5.92 Å². The Kier molecular flexibility index (Phi) is 5.34. The maximum atomic E-state index is 13.6. The van der Waals surface area contributed by atoms with Crippen LogP contribution in [0.5, 0.6) is 0 Å². The lowest BCUT2D eigenvalue weighted by molar-refractivity contribution is -0.137. The highest BCUT2D eigenvalue weighted by molar-refractivity contribution is 7.22. The standard InChI is InChI=1S/C24H30N4O4S/c1-14-19-16(28(20(14)29)22-25-15-8-5-6-10-18(15)33-22)11-13-27(19)21(30)17-9-7-12-26(17)23(31)32-24(2,3)4/h5-6,8,10,14,16-17,19H,7,9,11-13H2,1-4H3/t14-,16-,17+,19+/m1/s1. The highest BCUT2D eigenvalue weighted by Crippen LogP contribution is 2.42. The number of benzene rings is 1. The molecule has 0 saturated carbocycles. The van der Waals surface area contributed by atoms with Crippen LogP contribution in [0.15, 0.2) is 24.3 Å². The highest BCUT2D eigenvalue weighted by Gasteiger charge is 2.55. The molecule has 3 aliphatic rings. The largest absolute Gasteiger partial charge is 0.444 e. The molecule has 33 heavy (non-hydrogen) atoms. The predicted octanol–water partition coefficient (Wildman–Crippen LogP) is 3.65. The minimum atomic E-state index is -0.615. The number of para-hydroxylation sites is 1. The molecule has 0 radical (unpaired) electrons. The predicted molar refractivity (Wildman–Crippen MR) is 126 cm³/mol. The molecule has 2 aromatic rings. The lowest BCUT2D eigenvalue weighted by Crippen LogP contribution is -2.52. The molecular weight excluding hydrogens is 440 g/mol. The van der Waals surface area contributed by atoms with E-state index in [0.717, 1.165) is 16.6 Å². The third-order valence-corrected chi connectivity index (χ3v) is 7.86. The van der Waals surface area contributed by atoms with Crippen molar-refractivity contribution in [1.29, 1.82) is 0 Å². The molecule has 5 rings (SSSR count). The van der Waals surface area contributed by atoms with Crippen LogP contribution < -0.4 is 4.90 Å². The molecule has 4 heterocycles. The zero-order valence-electron chi connectivity index (χ0n) is 19.5. The second kappa shape index (κ2) is 7.97. The first-order valence-corrected chi connectivity index (χ1v) is 12.5. The number of amides is 3. The van der Waals surface area contributed by atoms with Gasteiger partial charge in [-0.2, -0.15) is 0 Å². The number of carbonyl (C=O) groups excluding carboxylic acids is 3. The van der Waals surface area contributed by atoms with Crippen LogP contribution in [0.2, 0.25) is 0 Å². The minimum Gasteiger partial charge on any atom is -0.444 e. The molecule has 4 atom stereocenters. The number of likely N-dealkylation sites (tertiary alicyclic amines) is 2. The van der Waals surface area contributed by atoms with Gasteiger partial charge in [0, 0.05) is 13.1 Å². The van der Waals surface area contributed by atoms with Gasteiger partial charge in [0.2, 0.25) is 11.8 Å². The molecule has 8 nitrogen and oxygen atoms in total. The van der Waals surface area contributed by atoms with E-state index in [1.54, 1.807) is 4.90 Å². The van der Waals surface area contributed by atoms with Crippen molar-refractivity contribution in [3.63, 3.8) is 0 Å². The fraction of sp³-hybridized carbons (Fsp3) is 0.583. The Labute approximate surface area is 197 Å². The summed E-state index contributed by atoms with van der Waals surface area (Å²) < 4.78 is 6.58. The number of aromatic nitrogens is 1. The fourth-order valence-corrected chi connectivity index (χ4v) is 6.45. The summed E-state index contributed by atoms with van der Waals surface area (Å²) in [5.41, 5.74) is 0.266. The van der Waals surface area contributed by atoms with E-state index < -0.39 is 17.7 Å². The quantitative estimate of drug-likeness (QED) is 0.669. The Bertz CT molecular complexity index is 1080. The Hall–Kier alpha value is -2.68. The number of rotatable bonds is 2. The van der Waals surface area contributed by atoms with Crippen molar-refractivity contribution in [3.05, 3.63) is 24.3 Å². The van der Waals surface area contributed by atoms with Crippen molar-refractivity contribution in [2.45, 2.75) is 70.7 Å². The van der Waals surface area contributed by atoms with Gasteiger partial charge in [-0.05, 0) is 52.2 Å². The van der Waals surface area contributed by atoms with E-state index in [1.807, 2.05) is 61.8 Å². The molecule has 9 heteroatoms. The van der Waals surface area contributed by atoms with E-state index in [9.17, 15) is 14.4 Å². The van der Waals surface area contributed by atoms with E-state index in [1.165, 1.54) is 11.3 Å². The Morgan fingerprint density at radius 3 is 2.61 bits per heavy atom. The molecule has 1 aromatic carbocycles. The molecular formula is C24H30N4O4S. The first-order chi connectivity index (χ1) is 15.7. The van der Waals surface area contributed by atoms with Gasteiger partial charge in [-0.15, -0.1) is 0 Å². The van der Waals surface area contributed by atoms with Crippen molar-refractivity contribution >= 4 is 44.6 Å². The number of thiazole rings is 1. The van der Waals surface area contributed by atoms with Crippen LogP contribution in [0.25, 0.3) is 10.2 Å². The Balaban J connectivity index is 1.37. The van der Waals surface area contributed by atoms with Gasteiger partial charge in [0.1, 0.15) is 11.6 Å². The van der Waals surface area contributed by atoms with E-state index >= 15 is 0 Å². The number of hydrogen-bond donors (Lipinski definition) is 0. The van der Waals surface area contributed by atoms with Gasteiger partial charge in [0.25, 0.3) is 0 Å². The smallest absolute Gasteiger partial charge is 0.410 e. The lowest BCUT2D eigenvalue weighted by atomic mass is 10.0. The number of ether oxygens (including phenoxy) is 1. The Morgan fingerprint density at radius 2 is 1.88 bits per heavy atom. The molecule has 0 unspecified atom stereocenters. The van der Waals surface area contributed by atoms with Crippen LogP contribution in [-0.2, 0) is 14.3 Å². The topological polar surface area (TPSA) is 83.1 Å². The molecule has 0 spiro atoms. The number of fused-ring (bicyclic) bond motifs is 2. The molecule has 3 fully saturated rings. The number of anilines is 1. The van der Waals surface area contributed by atoms with Gasteiger partial charge in [0.15, 0.2) is 5.13 Å². The number of nitrogens with zero attached hydrogens (tertiary/aromatic N) is 4. The average molecular weight is 471 g/mol. The number of carbonyl (C=O) groups is 3. The molecule has 3 aliphatic heterocycles. The molecule has 1 aromatic heterocycles.